The quantitative estimate of drug-likeness (QED) is 0.471. The minimum Gasteiger partial charge on any atom is -1.00 e. The van der Waals surface area contributed by atoms with Gasteiger partial charge in [0, 0.05) is 21.8 Å². The summed E-state index contributed by atoms with van der Waals surface area (Å²) in [7, 11) is 0. The number of para-hydroxylation sites is 1. The van der Waals surface area contributed by atoms with E-state index in [2.05, 4.69) is 67.6 Å². The molecular weight excluding hydrogens is 436 g/mol. The molecule has 0 aliphatic carbocycles. The minimum absolute atomic E-state index is 0. The van der Waals surface area contributed by atoms with Gasteiger partial charge in [-0.2, -0.15) is 0 Å². The normalized spacial score (nSPS) is 25.2. The lowest BCUT2D eigenvalue weighted by Gasteiger charge is -2.26. The summed E-state index contributed by atoms with van der Waals surface area (Å²) in [5.74, 6) is 0. The standard InChI is InChI=1S/C14H20IN.HI/c1-11-14(2,3)12-7-4-5-8-13(12)16(11)10-6-9-15;/h4-5,7-8,11H,6,9-10H2,1-3H3;1H. The first-order valence-corrected chi connectivity index (χ1v) is 7.63. The lowest BCUT2D eigenvalue weighted by molar-refractivity contribution is -0.855. The van der Waals surface area contributed by atoms with E-state index in [1.807, 2.05) is 0 Å². The van der Waals surface area contributed by atoms with Crippen LogP contribution < -0.4 is 28.9 Å². The zero-order valence-corrected chi connectivity index (χ0v) is 15.1. The molecular formula is C14H21I2N. The van der Waals surface area contributed by atoms with Crippen molar-refractivity contribution in [3.05, 3.63) is 29.8 Å². The van der Waals surface area contributed by atoms with Gasteiger partial charge in [0.2, 0.25) is 0 Å². The first kappa shape index (κ1) is 15.7. The summed E-state index contributed by atoms with van der Waals surface area (Å²) in [5, 5.41) is 0. The fourth-order valence-corrected chi connectivity index (χ4v) is 3.22. The molecule has 2 unspecified atom stereocenters. The molecule has 1 aliphatic heterocycles. The number of rotatable bonds is 3. The van der Waals surface area contributed by atoms with Crippen molar-refractivity contribution in [1.82, 2.24) is 0 Å². The van der Waals surface area contributed by atoms with Crippen LogP contribution in [-0.2, 0) is 5.41 Å². The summed E-state index contributed by atoms with van der Waals surface area (Å²) in [6.45, 7) is 8.42. The average molecular weight is 457 g/mol. The third-order valence-electron chi connectivity index (χ3n) is 4.15. The Bertz CT molecular complexity index is 376. The van der Waals surface area contributed by atoms with Crippen molar-refractivity contribution < 1.29 is 28.9 Å². The van der Waals surface area contributed by atoms with E-state index in [-0.39, 0.29) is 24.0 Å². The molecule has 0 bridgehead atoms. The molecule has 1 aromatic carbocycles. The minimum atomic E-state index is 0. The van der Waals surface area contributed by atoms with Gasteiger partial charge in [-0.3, -0.25) is 4.90 Å². The number of hydrogen-bond donors (Lipinski definition) is 1. The summed E-state index contributed by atoms with van der Waals surface area (Å²) in [5.41, 5.74) is 3.40. The molecule has 0 aromatic heterocycles. The smallest absolute Gasteiger partial charge is 0.135 e. The predicted molar refractivity (Wildman–Crippen MR) is 77.9 cm³/mol. The van der Waals surface area contributed by atoms with Gasteiger partial charge in [0.05, 0.1) is 12.6 Å². The molecule has 0 saturated carbocycles. The SMILES string of the molecule is CC1[NH+](CCCI)c2ccccc2C1(C)C.[I-]. The molecule has 0 radical (unpaired) electrons. The predicted octanol–water partition coefficient (Wildman–Crippen LogP) is -0.288. The molecule has 1 aliphatic rings. The zero-order chi connectivity index (χ0) is 11.8. The molecule has 96 valence electrons. The van der Waals surface area contributed by atoms with Crippen LogP contribution in [0.4, 0.5) is 5.69 Å². The van der Waals surface area contributed by atoms with Crippen LogP contribution in [-0.4, -0.2) is 17.0 Å². The summed E-state index contributed by atoms with van der Waals surface area (Å²) in [6, 6.07) is 9.66. The molecule has 1 heterocycles. The summed E-state index contributed by atoms with van der Waals surface area (Å²) in [4.78, 5) is 1.68. The van der Waals surface area contributed by atoms with Crippen molar-refractivity contribution >= 4 is 28.3 Å². The number of hydrogen-bond acceptors (Lipinski definition) is 0. The van der Waals surface area contributed by atoms with Crippen LogP contribution in [0.5, 0.6) is 0 Å². The van der Waals surface area contributed by atoms with E-state index in [1.165, 1.54) is 23.1 Å². The van der Waals surface area contributed by atoms with Crippen molar-refractivity contribution in [2.75, 3.05) is 11.0 Å². The van der Waals surface area contributed by atoms with Crippen LogP contribution in [0.15, 0.2) is 24.3 Å². The number of alkyl halides is 1. The van der Waals surface area contributed by atoms with E-state index >= 15 is 0 Å². The van der Waals surface area contributed by atoms with E-state index in [0.29, 0.717) is 11.5 Å². The van der Waals surface area contributed by atoms with Gasteiger partial charge in [-0.05, 0) is 26.8 Å². The largest absolute Gasteiger partial charge is 1.00 e. The van der Waals surface area contributed by atoms with E-state index in [0.717, 1.165) is 0 Å². The van der Waals surface area contributed by atoms with Crippen LogP contribution >= 0.6 is 22.6 Å². The summed E-state index contributed by atoms with van der Waals surface area (Å²) < 4.78 is 1.26. The maximum Gasteiger partial charge on any atom is 0.135 e. The maximum atomic E-state index is 2.48. The molecule has 0 fully saturated rings. The van der Waals surface area contributed by atoms with Gasteiger partial charge in [0.15, 0.2) is 0 Å². The van der Waals surface area contributed by atoms with Gasteiger partial charge >= 0.3 is 0 Å². The highest BCUT2D eigenvalue weighted by Crippen LogP contribution is 2.35. The van der Waals surface area contributed by atoms with Gasteiger partial charge in [0.1, 0.15) is 5.69 Å². The van der Waals surface area contributed by atoms with E-state index in [4.69, 9.17) is 0 Å². The summed E-state index contributed by atoms with van der Waals surface area (Å²) >= 11 is 2.48. The Hall–Kier alpha value is 0.640. The molecule has 1 N–H and O–H groups in total. The Kier molecular flexibility index (Phi) is 5.72. The molecule has 2 atom stereocenters. The van der Waals surface area contributed by atoms with Crippen molar-refractivity contribution in [3.8, 4) is 0 Å². The maximum absolute atomic E-state index is 2.48. The lowest BCUT2D eigenvalue weighted by Crippen LogP contribution is -3.10. The lowest BCUT2D eigenvalue weighted by atomic mass is 9.81. The highest BCUT2D eigenvalue weighted by Gasteiger charge is 2.45. The van der Waals surface area contributed by atoms with E-state index in [1.54, 1.807) is 10.5 Å². The van der Waals surface area contributed by atoms with E-state index < -0.39 is 0 Å². The molecule has 2 rings (SSSR count). The average Bonchev–Trinajstić information content (AvgIpc) is 2.47. The van der Waals surface area contributed by atoms with Gasteiger partial charge in [0.25, 0.3) is 0 Å². The highest BCUT2D eigenvalue weighted by molar-refractivity contribution is 14.1. The number of fused-ring (bicyclic) bond motifs is 1. The third-order valence-corrected chi connectivity index (χ3v) is 4.91. The van der Waals surface area contributed by atoms with Gasteiger partial charge < -0.3 is 24.0 Å². The fourth-order valence-electron chi connectivity index (χ4n) is 2.84. The molecule has 3 heteroatoms. The van der Waals surface area contributed by atoms with Crippen molar-refractivity contribution in [2.45, 2.75) is 38.6 Å². The second-order valence-corrected chi connectivity index (χ2v) is 6.39. The molecule has 0 spiro atoms. The molecule has 0 amide bonds. The third kappa shape index (κ3) is 2.81. The Morgan fingerprint density at radius 3 is 2.59 bits per heavy atom. The summed E-state index contributed by atoms with van der Waals surface area (Å²) in [6.07, 6.45) is 1.31. The Morgan fingerprint density at radius 1 is 1.29 bits per heavy atom. The van der Waals surface area contributed by atoms with Crippen molar-refractivity contribution in [1.29, 1.82) is 0 Å². The zero-order valence-electron chi connectivity index (χ0n) is 10.8. The highest BCUT2D eigenvalue weighted by atomic mass is 127. The number of benzene rings is 1. The van der Waals surface area contributed by atoms with Crippen LogP contribution in [0.3, 0.4) is 0 Å². The first-order chi connectivity index (χ1) is 7.59. The fraction of sp³-hybridized carbons (Fsp3) is 0.571. The first-order valence-electron chi connectivity index (χ1n) is 6.10. The van der Waals surface area contributed by atoms with Crippen LogP contribution in [0.1, 0.15) is 32.8 Å². The van der Waals surface area contributed by atoms with E-state index in [9.17, 15) is 0 Å². The Morgan fingerprint density at radius 2 is 1.94 bits per heavy atom. The van der Waals surface area contributed by atoms with Crippen LogP contribution in [0.25, 0.3) is 0 Å². The van der Waals surface area contributed by atoms with Gasteiger partial charge in [-0.1, -0.05) is 40.8 Å². The molecule has 1 nitrogen and oxygen atoms in total. The molecule has 1 aromatic rings. The molecule has 17 heavy (non-hydrogen) atoms. The second kappa shape index (κ2) is 6.19. The molecule has 0 saturated heterocycles. The van der Waals surface area contributed by atoms with Gasteiger partial charge in [-0.15, -0.1) is 0 Å². The number of halogens is 2. The van der Waals surface area contributed by atoms with Crippen LogP contribution in [0, 0.1) is 0 Å². The number of quaternary nitrogens is 1. The Labute approximate surface area is 136 Å². The van der Waals surface area contributed by atoms with Crippen molar-refractivity contribution in [2.24, 2.45) is 0 Å². The topological polar surface area (TPSA) is 4.44 Å². The number of nitrogens with one attached hydrogen (secondary N) is 1. The van der Waals surface area contributed by atoms with Crippen molar-refractivity contribution in [3.63, 3.8) is 0 Å². The monoisotopic (exact) mass is 457 g/mol. The van der Waals surface area contributed by atoms with Crippen LogP contribution in [0.2, 0.25) is 0 Å². The van der Waals surface area contributed by atoms with Gasteiger partial charge in [-0.25, -0.2) is 0 Å². The Balaban J connectivity index is 0.00000144. The second-order valence-electron chi connectivity index (χ2n) is 5.31.